The minimum Gasteiger partial charge on any atom is -0.395 e. The summed E-state index contributed by atoms with van der Waals surface area (Å²) >= 11 is 0. The topological polar surface area (TPSA) is 81.1 Å². The van der Waals surface area contributed by atoms with E-state index in [1.807, 2.05) is 6.92 Å². The van der Waals surface area contributed by atoms with Crippen LogP contribution in [-0.2, 0) is 10.1 Å². The van der Waals surface area contributed by atoms with Gasteiger partial charge in [0.2, 0.25) is 0 Å². The van der Waals surface area contributed by atoms with E-state index in [0.717, 1.165) is 26.2 Å². The third kappa shape index (κ3) is 5.31. The second-order valence-electron chi connectivity index (χ2n) is 4.38. The predicted molar refractivity (Wildman–Crippen MR) is 65.6 cm³/mol. The van der Waals surface area contributed by atoms with Crippen LogP contribution in [0, 0.1) is 0 Å². The summed E-state index contributed by atoms with van der Waals surface area (Å²) in [7, 11) is -3.88. The molecule has 1 aliphatic heterocycles. The molecule has 6 nitrogen and oxygen atoms in total. The van der Waals surface area contributed by atoms with Crippen LogP contribution >= 0.6 is 0 Å². The number of hydrogen-bond donors (Lipinski definition) is 2. The van der Waals surface area contributed by atoms with Gasteiger partial charge in [0.25, 0.3) is 10.1 Å². The fourth-order valence-corrected chi connectivity index (χ4v) is 2.85. The number of hydrogen-bond acceptors (Lipinski definition) is 5. The van der Waals surface area contributed by atoms with Gasteiger partial charge < -0.3 is 5.11 Å². The summed E-state index contributed by atoms with van der Waals surface area (Å²) in [6.07, 6.45) is 0.439. The van der Waals surface area contributed by atoms with Crippen LogP contribution in [0.2, 0.25) is 0 Å². The Morgan fingerprint density at radius 1 is 1.35 bits per heavy atom. The molecule has 1 unspecified atom stereocenters. The average Bonchev–Trinajstić information content (AvgIpc) is 2.26. The van der Waals surface area contributed by atoms with Crippen molar-refractivity contribution in [1.82, 2.24) is 9.80 Å². The zero-order valence-electron chi connectivity index (χ0n) is 10.2. The van der Waals surface area contributed by atoms with Crippen molar-refractivity contribution in [1.29, 1.82) is 0 Å². The highest BCUT2D eigenvalue weighted by Gasteiger charge is 2.26. The van der Waals surface area contributed by atoms with E-state index in [1.165, 1.54) is 0 Å². The third-order valence-corrected chi connectivity index (χ3v) is 3.97. The molecular formula is C10H22N2O4S. The largest absolute Gasteiger partial charge is 0.395 e. The van der Waals surface area contributed by atoms with Crippen LogP contribution in [0.5, 0.6) is 0 Å². The summed E-state index contributed by atoms with van der Waals surface area (Å²) in [5, 5.41) is 8.90. The summed E-state index contributed by atoms with van der Waals surface area (Å²) in [4.78, 5) is 4.35. The van der Waals surface area contributed by atoms with Crippen molar-refractivity contribution in [3.05, 3.63) is 0 Å². The van der Waals surface area contributed by atoms with Crippen molar-refractivity contribution < 1.29 is 18.1 Å². The van der Waals surface area contributed by atoms with E-state index < -0.39 is 10.1 Å². The molecule has 0 aliphatic carbocycles. The first-order valence-electron chi connectivity index (χ1n) is 5.98. The molecule has 0 radical (unpaired) electrons. The van der Waals surface area contributed by atoms with E-state index in [9.17, 15) is 8.42 Å². The van der Waals surface area contributed by atoms with Crippen LogP contribution in [0.3, 0.4) is 0 Å². The monoisotopic (exact) mass is 266 g/mol. The normalized spacial score (nSPS) is 24.1. The highest BCUT2D eigenvalue weighted by atomic mass is 32.2. The molecular weight excluding hydrogens is 244 g/mol. The van der Waals surface area contributed by atoms with Crippen LogP contribution in [0.4, 0.5) is 0 Å². The molecule has 1 fully saturated rings. The van der Waals surface area contributed by atoms with E-state index >= 15 is 0 Å². The van der Waals surface area contributed by atoms with Gasteiger partial charge in [-0.3, -0.25) is 14.4 Å². The maximum Gasteiger partial charge on any atom is 0.264 e. The molecule has 1 rings (SSSR count). The quantitative estimate of drug-likeness (QED) is 0.617. The molecule has 0 aromatic heterocycles. The number of β-amino-alcohol motifs (C(OH)–C–C–N with tert-alkyl or cyclic N) is 1. The van der Waals surface area contributed by atoms with Crippen LogP contribution in [0.15, 0.2) is 0 Å². The molecule has 1 heterocycles. The maximum atomic E-state index is 10.8. The highest BCUT2D eigenvalue weighted by Crippen LogP contribution is 2.13. The molecule has 1 atom stereocenters. The lowest BCUT2D eigenvalue weighted by molar-refractivity contribution is 0.0654. The van der Waals surface area contributed by atoms with Crippen LogP contribution in [0.1, 0.15) is 13.3 Å². The Morgan fingerprint density at radius 2 is 2.06 bits per heavy atom. The molecule has 102 valence electrons. The first-order chi connectivity index (χ1) is 7.96. The summed E-state index contributed by atoms with van der Waals surface area (Å²) in [5.41, 5.74) is 0. The minimum absolute atomic E-state index is 0.122. The molecule has 2 N–H and O–H groups in total. The second kappa shape index (κ2) is 6.65. The molecule has 0 amide bonds. The standard InChI is InChI=1S/C10H22N2O4S/c1-2-12-5-4-11(6-7-13)9-10(12)3-8-17(14,15)16/h10,13H,2-9H2,1H3,(H,14,15,16). The van der Waals surface area contributed by atoms with Crippen molar-refractivity contribution in [3.63, 3.8) is 0 Å². The van der Waals surface area contributed by atoms with Gasteiger partial charge in [-0.05, 0) is 13.0 Å². The zero-order valence-corrected chi connectivity index (χ0v) is 11.1. The van der Waals surface area contributed by atoms with Crippen LogP contribution < -0.4 is 0 Å². The Morgan fingerprint density at radius 3 is 2.59 bits per heavy atom. The Hall–Kier alpha value is -0.210. The van der Waals surface area contributed by atoms with E-state index in [-0.39, 0.29) is 18.4 Å². The van der Waals surface area contributed by atoms with Crippen LogP contribution in [-0.4, -0.2) is 79.0 Å². The molecule has 17 heavy (non-hydrogen) atoms. The number of likely N-dealkylation sites (N-methyl/N-ethyl adjacent to an activating group) is 1. The predicted octanol–water partition coefficient (Wildman–Crippen LogP) is -0.737. The maximum absolute atomic E-state index is 10.8. The first kappa shape index (κ1) is 14.8. The fourth-order valence-electron chi connectivity index (χ4n) is 2.28. The molecule has 0 bridgehead atoms. The molecule has 7 heteroatoms. The van der Waals surface area contributed by atoms with Crippen molar-refractivity contribution in [2.24, 2.45) is 0 Å². The third-order valence-electron chi connectivity index (χ3n) is 3.22. The molecule has 1 aliphatic rings. The number of aliphatic hydroxyl groups excluding tert-OH is 1. The highest BCUT2D eigenvalue weighted by molar-refractivity contribution is 7.85. The van der Waals surface area contributed by atoms with Crippen molar-refractivity contribution in [2.75, 3.05) is 45.1 Å². The lowest BCUT2D eigenvalue weighted by atomic mass is 10.1. The summed E-state index contributed by atoms with van der Waals surface area (Å²) in [6, 6.07) is 0.141. The van der Waals surface area contributed by atoms with E-state index in [0.29, 0.717) is 13.0 Å². The van der Waals surface area contributed by atoms with E-state index in [1.54, 1.807) is 0 Å². The van der Waals surface area contributed by atoms with Crippen molar-refractivity contribution >= 4 is 10.1 Å². The number of aliphatic hydroxyl groups is 1. The Kier molecular flexibility index (Phi) is 5.81. The van der Waals surface area contributed by atoms with Gasteiger partial charge >= 0.3 is 0 Å². The Bertz CT molecular complexity index is 320. The lowest BCUT2D eigenvalue weighted by Gasteiger charge is -2.40. The van der Waals surface area contributed by atoms with Gasteiger partial charge in [-0.25, -0.2) is 0 Å². The van der Waals surface area contributed by atoms with Gasteiger partial charge in [-0.1, -0.05) is 6.92 Å². The van der Waals surface area contributed by atoms with E-state index in [2.05, 4.69) is 9.80 Å². The fraction of sp³-hybridized carbons (Fsp3) is 1.00. The van der Waals surface area contributed by atoms with Crippen molar-refractivity contribution in [3.8, 4) is 0 Å². The molecule has 0 aromatic rings. The summed E-state index contributed by atoms with van der Waals surface area (Å²) in [5.74, 6) is -0.193. The van der Waals surface area contributed by atoms with E-state index in [4.69, 9.17) is 9.66 Å². The Labute approximate surface area is 103 Å². The molecule has 0 aromatic carbocycles. The van der Waals surface area contributed by atoms with Crippen LogP contribution in [0.25, 0.3) is 0 Å². The first-order valence-corrected chi connectivity index (χ1v) is 7.59. The number of nitrogens with zero attached hydrogens (tertiary/aromatic N) is 2. The SMILES string of the molecule is CCN1CCN(CCO)CC1CCS(=O)(=O)O. The van der Waals surface area contributed by atoms with Gasteiger partial charge in [-0.15, -0.1) is 0 Å². The molecule has 0 saturated carbocycles. The summed E-state index contributed by atoms with van der Waals surface area (Å²) in [6.45, 7) is 6.20. The van der Waals surface area contributed by atoms with Crippen molar-refractivity contribution in [2.45, 2.75) is 19.4 Å². The van der Waals surface area contributed by atoms with Gasteiger partial charge in [-0.2, -0.15) is 8.42 Å². The lowest BCUT2D eigenvalue weighted by Crippen LogP contribution is -2.53. The van der Waals surface area contributed by atoms with Gasteiger partial charge in [0.15, 0.2) is 0 Å². The average molecular weight is 266 g/mol. The molecule has 0 spiro atoms. The zero-order chi connectivity index (χ0) is 12.9. The number of rotatable bonds is 6. The number of piperazine rings is 1. The van der Waals surface area contributed by atoms with Gasteiger partial charge in [0.1, 0.15) is 0 Å². The smallest absolute Gasteiger partial charge is 0.264 e. The minimum atomic E-state index is -3.88. The second-order valence-corrected chi connectivity index (χ2v) is 5.95. The summed E-state index contributed by atoms with van der Waals surface area (Å²) < 4.78 is 30.3. The van der Waals surface area contributed by atoms with Gasteiger partial charge in [0.05, 0.1) is 12.4 Å². The van der Waals surface area contributed by atoms with Gasteiger partial charge in [0, 0.05) is 32.2 Å². The molecule has 1 saturated heterocycles. The Balaban J connectivity index is 2.51.